The summed E-state index contributed by atoms with van der Waals surface area (Å²) in [6.07, 6.45) is 3.33. The summed E-state index contributed by atoms with van der Waals surface area (Å²) >= 11 is 1.53. The van der Waals surface area contributed by atoms with E-state index in [2.05, 4.69) is 25.9 Å². The van der Waals surface area contributed by atoms with E-state index in [1.807, 2.05) is 11.4 Å². The third-order valence-corrected chi connectivity index (χ3v) is 7.02. The van der Waals surface area contributed by atoms with E-state index < -0.39 is 5.60 Å². The maximum Gasteiger partial charge on any atom is 0.124 e. The van der Waals surface area contributed by atoms with Gasteiger partial charge in [-0.15, -0.1) is 11.3 Å². The zero-order valence-corrected chi connectivity index (χ0v) is 14.1. The molecule has 2 nitrogen and oxygen atoms in total. The smallest absolute Gasteiger partial charge is 0.124 e. The lowest BCUT2D eigenvalue weighted by Gasteiger charge is -2.48. The predicted molar refractivity (Wildman–Crippen MR) is 88.6 cm³/mol. The number of likely N-dealkylation sites (N-methyl/N-ethyl adjacent to an activating group) is 1. The maximum atomic E-state index is 13.5. The minimum absolute atomic E-state index is 0.0883. The summed E-state index contributed by atoms with van der Waals surface area (Å²) in [5.41, 5.74) is 0.0562. The van der Waals surface area contributed by atoms with Crippen LogP contribution in [-0.4, -0.2) is 30.1 Å². The van der Waals surface area contributed by atoms with Gasteiger partial charge in [-0.05, 0) is 62.2 Å². The summed E-state index contributed by atoms with van der Waals surface area (Å²) in [5.74, 6) is 0.330. The summed E-state index contributed by atoms with van der Waals surface area (Å²) < 4.78 is 14.4. The van der Waals surface area contributed by atoms with Crippen LogP contribution >= 0.6 is 11.3 Å². The molecule has 1 N–H and O–H groups in total. The second-order valence-electron chi connectivity index (χ2n) is 7.53. The zero-order valence-electron chi connectivity index (χ0n) is 13.3. The first-order valence-electron chi connectivity index (χ1n) is 7.93. The lowest BCUT2D eigenvalue weighted by Crippen LogP contribution is -2.55. The van der Waals surface area contributed by atoms with Crippen molar-refractivity contribution in [3.05, 3.63) is 35.0 Å². The molecule has 4 unspecified atom stereocenters. The first-order valence-corrected chi connectivity index (χ1v) is 8.81. The number of halogens is 1. The van der Waals surface area contributed by atoms with E-state index in [0.29, 0.717) is 5.92 Å². The maximum absolute atomic E-state index is 13.5. The molecule has 2 saturated carbocycles. The second-order valence-corrected chi connectivity index (χ2v) is 8.44. The van der Waals surface area contributed by atoms with Gasteiger partial charge in [0.1, 0.15) is 11.4 Å². The molecule has 0 amide bonds. The van der Waals surface area contributed by atoms with Crippen LogP contribution in [0.15, 0.2) is 23.6 Å². The summed E-state index contributed by atoms with van der Waals surface area (Å²) in [4.78, 5) is 2.18. The topological polar surface area (TPSA) is 23.5 Å². The monoisotopic (exact) mass is 319 g/mol. The van der Waals surface area contributed by atoms with Gasteiger partial charge < -0.3 is 10.0 Å². The van der Waals surface area contributed by atoms with E-state index in [1.54, 1.807) is 6.07 Å². The SMILES string of the molecule is CN(C)C1C2CCC(C)(C2)C1(O)c1csc2cc(F)ccc12. The number of thiophene rings is 1. The Labute approximate surface area is 134 Å². The van der Waals surface area contributed by atoms with E-state index in [0.717, 1.165) is 28.5 Å². The number of rotatable bonds is 2. The molecule has 1 aromatic heterocycles. The molecule has 4 heteroatoms. The average molecular weight is 319 g/mol. The Morgan fingerprint density at radius 3 is 2.86 bits per heavy atom. The van der Waals surface area contributed by atoms with Crippen LogP contribution in [0.2, 0.25) is 0 Å². The molecule has 4 rings (SSSR count). The molecule has 0 spiro atoms. The molecule has 2 fully saturated rings. The molecule has 2 aromatic rings. The molecule has 0 saturated heterocycles. The Hall–Kier alpha value is -0.970. The van der Waals surface area contributed by atoms with Crippen molar-refractivity contribution in [3.63, 3.8) is 0 Å². The van der Waals surface area contributed by atoms with Crippen molar-refractivity contribution in [2.75, 3.05) is 14.1 Å². The number of fused-ring (bicyclic) bond motifs is 3. The number of benzene rings is 1. The Morgan fingerprint density at radius 2 is 2.14 bits per heavy atom. The quantitative estimate of drug-likeness (QED) is 0.905. The van der Waals surface area contributed by atoms with Crippen LogP contribution in [0.5, 0.6) is 0 Å². The van der Waals surface area contributed by atoms with Gasteiger partial charge in [-0.2, -0.15) is 0 Å². The number of hydrogen-bond acceptors (Lipinski definition) is 3. The van der Waals surface area contributed by atoms with Crippen molar-refractivity contribution in [1.29, 1.82) is 0 Å². The van der Waals surface area contributed by atoms with Crippen molar-refractivity contribution in [2.24, 2.45) is 11.3 Å². The number of nitrogens with zero attached hydrogens (tertiary/aromatic N) is 1. The van der Waals surface area contributed by atoms with Crippen molar-refractivity contribution < 1.29 is 9.50 Å². The zero-order chi connectivity index (χ0) is 15.7. The largest absolute Gasteiger partial charge is 0.383 e. The Kier molecular flexibility index (Phi) is 3.01. The fourth-order valence-corrected chi connectivity index (χ4v) is 6.21. The first kappa shape index (κ1) is 14.6. The summed E-state index contributed by atoms with van der Waals surface area (Å²) in [6, 6.07) is 5.04. The van der Waals surface area contributed by atoms with Gasteiger partial charge in [0.05, 0.1) is 0 Å². The van der Waals surface area contributed by atoms with Crippen LogP contribution in [0.4, 0.5) is 4.39 Å². The molecule has 0 aliphatic heterocycles. The van der Waals surface area contributed by atoms with Crippen molar-refractivity contribution >= 4 is 21.4 Å². The highest BCUT2D eigenvalue weighted by atomic mass is 32.1. The van der Waals surface area contributed by atoms with E-state index in [4.69, 9.17) is 0 Å². The molecule has 1 aromatic carbocycles. The van der Waals surface area contributed by atoms with E-state index in [9.17, 15) is 9.50 Å². The molecule has 22 heavy (non-hydrogen) atoms. The number of hydrogen-bond donors (Lipinski definition) is 1. The first-order chi connectivity index (χ1) is 10.4. The van der Waals surface area contributed by atoms with Crippen LogP contribution in [0.3, 0.4) is 0 Å². The highest BCUT2D eigenvalue weighted by Gasteiger charge is 2.66. The van der Waals surface area contributed by atoms with Crippen LogP contribution in [0, 0.1) is 17.2 Å². The van der Waals surface area contributed by atoms with Crippen molar-refractivity contribution in [3.8, 4) is 0 Å². The van der Waals surface area contributed by atoms with Gasteiger partial charge in [-0.3, -0.25) is 0 Å². The number of aliphatic hydroxyl groups is 1. The summed E-state index contributed by atoms with van der Waals surface area (Å²) in [6.45, 7) is 2.23. The van der Waals surface area contributed by atoms with Crippen LogP contribution in [-0.2, 0) is 5.60 Å². The highest BCUT2D eigenvalue weighted by Crippen LogP contribution is 2.65. The Bertz CT molecular complexity index is 742. The standard InChI is InChI=1S/C18H22FNOS/c1-17-7-6-11(9-17)16(20(2)3)18(17,21)14-10-22-15-8-12(19)4-5-13(14)15/h4-5,8,10-11,16,21H,6-7,9H2,1-3H3. The van der Waals surface area contributed by atoms with E-state index in [-0.39, 0.29) is 17.3 Å². The van der Waals surface area contributed by atoms with Crippen LogP contribution in [0.25, 0.3) is 10.1 Å². The highest BCUT2D eigenvalue weighted by molar-refractivity contribution is 7.17. The van der Waals surface area contributed by atoms with Gasteiger partial charge in [0, 0.05) is 21.7 Å². The van der Waals surface area contributed by atoms with Gasteiger partial charge in [0.15, 0.2) is 0 Å². The molecule has 118 valence electrons. The van der Waals surface area contributed by atoms with Gasteiger partial charge >= 0.3 is 0 Å². The lowest BCUT2D eigenvalue weighted by molar-refractivity contribution is -0.116. The van der Waals surface area contributed by atoms with Crippen molar-refractivity contribution in [1.82, 2.24) is 4.90 Å². The minimum atomic E-state index is -0.852. The average Bonchev–Trinajstić information content (AvgIpc) is 3.07. The third-order valence-electron chi connectivity index (χ3n) is 6.08. The molecule has 0 radical (unpaired) electrons. The van der Waals surface area contributed by atoms with Crippen molar-refractivity contribution in [2.45, 2.75) is 37.8 Å². The van der Waals surface area contributed by atoms with Gasteiger partial charge in [0.2, 0.25) is 0 Å². The fraction of sp³-hybridized carbons (Fsp3) is 0.556. The molecule has 1 heterocycles. The molecule has 2 aliphatic carbocycles. The summed E-state index contributed by atoms with van der Waals surface area (Å²) in [7, 11) is 4.13. The molecule has 4 atom stereocenters. The summed E-state index contributed by atoms with van der Waals surface area (Å²) in [5, 5.41) is 14.9. The molecular weight excluding hydrogens is 297 g/mol. The Morgan fingerprint density at radius 1 is 1.36 bits per heavy atom. The molecule has 2 bridgehead atoms. The van der Waals surface area contributed by atoms with E-state index >= 15 is 0 Å². The molecular formula is C18H22FNOS. The van der Waals surface area contributed by atoms with Crippen LogP contribution in [0.1, 0.15) is 31.7 Å². The van der Waals surface area contributed by atoms with Gasteiger partial charge in [-0.1, -0.05) is 13.0 Å². The van der Waals surface area contributed by atoms with Gasteiger partial charge in [0.25, 0.3) is 0 Å². The second kappa shape index (κ2) is 4.53. The predicted octanol–water partition coefficient (Wildman–Crippen LogP) is 3.98. The molecule has 2 aliphatic rings. The lowest BCUT2D eigenvalue weighted by atomic mass is 9.66. The minimum Gasteiger partial charge on any atom is -0.383 e. The normalized spacial score (nSPS) is 37.5. The van der Waals surface area contributed by atoms with Gasteiger partial charge in [-0.25, -0.2) is 4.39 Å². The Balaban J connectivity index is 1.94. The van der Waals surface area contributed by atoms with Crippen LogP contribution < -0.4 is 0 Å². The fourth-order valence-electron chi connectivity index (χ4n) is 5.18. The van der Waals surface area contributed by atoms with E-state index in [1.165, 1.54) is 23.8 Å². The third kappa shape index (κ3) is 1.66.